The van der Waals surface area contributed by atoms with Gasteiger partial charge in [-0.05, 0) is 12.8 Å². The van der Waals surface area contributed by atoms with Crippen LogP contribution in [0.15, 0.2) is 0 Å². The van der Waals surface area contributed by atoms with Crippen LogP contribution in [0.25, 0.3) is 0 Å². The molecule has 2 atom stereocenters. The summed E-state index contributed by atoms with van der Waals surface area (Å²) < 4.78 is 21.9. The molecule has 0 aromatic rings. The molecule has 1 aliphatic carbocycles. The van der Waals surface area contributed by atoms with Crippen LogP contribution in [0.1, 0.15) is 32.1 Å². The molecule has 0 spiro atoms. The van der Waals surface area contributed by atoms with Crippen LogP contribution in [0.2, 0.25) is 0 Å². The molecule has 5 nitrogen and oxygen atoms in total. The first-order valence-electron chi connectivity index (χ1n) is 4.36. The van der Waals surface area contributed by atoms with E-state index in [1.54, 1.807) is 0 Å². The van der Waals surface area contributed by atoms with Crippen molar-refractivity contribution in [1.82, 2.24) is 4.86 Å². The largest absolute Gasteiger partial charge is 0.335 e. The third-order valence-electron chi connectivity index (χ3n) is 2.33. The van der Waals surface area contributed by atoms with Gasteiger partial charge in [0.25, 0.3) is 15.7 Å². The fourth-order valence-corrected chi connectivity index (χ4v) is 4.55. The zero-order chi connectivity index (χ0) is 9.90. The first kappa shape index (κ1) is 11.4. The minimum atomic E-state index is -3.59. The van der Waals surface area contributed by atoms with E-state index in [1.165, 1.54) is 0 Å². The number of rotatable bonds is 3. The second kappa shape index (κ2) is 4.72. The van der Waals surface area contributed by atoms with Gasteiger partial charge < -0.3 is 9.79 Å². The molecule has 2 unspecified atom stereocenters. The van der Waals surface area contributed by atoms with E-state index in [-0.39, 0.29) is 5.66 Å². The van der Waals surface area contributed by atoms with E-state index >= 15 is 0 Å². The van der Waals surface area contributed by atoms with Gasteiger partial charge in [0, 0.05) is 0 Å². The molecule has 1 aliphatic rings. The van der Waals surface area contributed by atoms with Crippen LogP contribution in [0, 0.1) is 0 Å². The monoisotopic (exact) mass is 227 g/mol. The topological polar surface area (TPSA) is 86.6 Å². The van der Waals surface area contributed by atoms with Crippen molar-refractivity contribution in [3.63, 3.8) is 0 Å². The summed E-state index contributed by atoms with van der Waals surface area (Å²) in [7, 11) is -6.64. The first-order valence-corrected chi connectivity index (χ1v) is 7.44. The van der Waals surface area contributed by atoms with Crippen LogP contribution >= 0.6 is 15.7 Å². The van der Waals surface area contributed by atoms with Gasteiger partial charge in [0.05, 0.1) is 5.66 Å². The Labute approximate surface area is 78.0 Å². The van der Waals surface area contributed by atoms with Crippen molar-refractivity contribution in [2.24, 2.45) is 0 Å². The minimum absolute atomic E-state index is 0.331. The zero-order valence-electron chi connectivity index (χ0n) is 7.27. The smallest absolute Gasteiger partial charge is 0.277 e. The molecule has 0 aromatic heterocycles. The third kappa shape index (κ3) is 3.53. The van der Waals surface area contributed by atoms with Gasteiger partial charge >= 0.3 is 0 Å². The second-order valence-corrected chi connectivity index (χ2v) is 6.81. The molecule has 3 N–H and O–H groups in total. The Morgan fingerprint density at radius 3 is 2.31 bits per heavy atom. The van der Waals surface area contributed by atoms with Crippen LogP contribution in [0.4, 0.5) is 0 Å². The van der Waals surface area contributed by atoms with E-state index in [1.807, 2.05) is 4.86 Å². The van der Waals surface area contributed by atoms with Crippen molar-refractivity contribution >= 4 is 15.7 Å². The summed E-state index contributed by atoms with van der Waals surface area (Å²) in [6.45, 7) is 0. The average molecular weight is 227 g/mol. The van der Waals surface area contributed by atoms with Crippen LogP contribution in [0.3, 0.4) is 0 Å². The highest BCUT2D eigenvalue weighted by atomic mass is 31.2. The van der Waals surface area contributed by atoms with Gasteiger partial charge in [0.15, 0.2) is 0 Å². The van der Waals surface area contributed by atoms with E-state index in [4.69, 9.17) is 4.89 Å². The zero-order valence-corrected chi connectivity index (χ0v) is 9.17. The standard InChI is InChI=1S/C6H15NO4P2/c8-12(9)7-13(10,11)6-4-2-1-3-5-6/h6,12H,1-5H2,(H3,7,8,9,10,11). The summed E-state index contributed by atoms with van der Waals surface area (Å²) in [5.74, 6) is 0. The van der Waals surface area contributed by atoms with Crippen LogP contribution in [-0.4, -0.2) is 15.4 Å². The number of nitrogens with one attached hydrogen (secondary N) is 1. The molecule has 0 radical (unpaired) electrons. The average Bonchev–Trinajstić information content (AvgIpc) is 2.04. The summed E-state index contributed by atoms with van der Waals surface area (Å²) in [6.07, 6.45) is 4.31. The molecule has 1 saturated carbocycles. The fourth-order valence-electron chi connectivity index (χ4n) is 1.66. The lowest BCUT2D eigenvalue weighted by Crippen LogP contribution is -2.18. The Balaban J connectivity index is 2.56. The number of hydrogen-bond donors (Lipinski definition) is 3. The van der Waals surface area contributed by atoms with Crippen LogP contribution in [0.5, 0.6) is 0 Å². The van der Waals surface area contributed by atoms with Gasteiger partial charge in [-0.25, -0.2) is 0 Å². The molecule has 0 saturated heterocycles. The van der Waals surface area contributed by atoms with E-state index in [9.17, 15) is 14.0 Å². The molecule has 78 valence electrons. The lowest BCUT2D eigenvalue weighted by Gasteiger charge is -2.25. The van der Waals surface area contributed by atoms with Gasteiger partial charge in [0.2, 0.25) is 0 Å². The summed E-state index contributed by atoms with van der Waals surface area (Å²) in [5, 5.41) is 0. The van der Waals surface area contributed by atoms with Crippen molar-refractivity contribution in [1.29, 1.82) is 0 Å². The Hall–Kier alpha value is 0.340. The van der Waals surface area contributed by atoms with Crippen molar-refractivity contribution in [2.75, 3.05) is 0 Å². The molecule has 1 fully saturated rings. The Morgan fingerprint density at radius 1 is 1.31 bits per heavy atom. The quantitative estimate of drug-likeness (QED) is 0.635. The highest BCUT2D eigenvalue weighted by molar-refractivity contribution is 7.65. The van der Waals surface area contributed by atoms with Crippen LogP contribution < -0.4 is 4.86 Å². The highest BCUT2D eigenvalue weighted by Gasteiger charge is 2.32. The van der Waals surface area contributed by atoms with Crippen molar-refractivity contribution in [3.05, 3.63) is 0 Å². The fraction of sp³-hybridized carbons (Fsp3) is 1.00. The molecular formula is C6H15NO4P2. The van der Waals surface area contributed by atoms with Crippen LogP contribution in [-0.2, 0) is 9.13 Å². The number of hydrogen-bond acceptors (Lipinski definition) is 2. The molecule has 0 aromatic carbocycles. The lowest BCUT2D eigenvalue weighted by atomic mass is 10.0. The van der Waals surface area contributed by atoms with Crippen molar-refractivity contribution in [2.45, 2.75) is 37.8 Å². The molecule has 13 heavy (non-hydrogen) atoms. The van der Waals surface area contributed by atoms with E-state index < -0.39 is 15.7 Å². The van der Waals surface area contributed by atoms with Crippen molar-refractivity contribution < 1.29 is 18.9 Å². The van der Waals surface area contributed by atoms with E-state index in [0.29, 0.717) is 12.8 Å². The maximum Gasteiger partial charge on any atom is 0.277 e. The Kier molecular flexibility index (Phi) is 4.14. The first-order chi connectivity index (χ1) is 6.02. The summed E-state index contributed by atoms with van der Waals surface area (Å²) in [6, 6.07) is 0. The third-order valence-corrected chi connectivity index (χ3v) is 5.88. The van der Waals surface area contributed by atoms with Gasteiger partial charge in [0.1, 0.15) is 0 Å². The molecule has 1 rings (SSSR count). The molecule has 0 aliphatic heterocycles. The normalized spacial score (nSPS) is 26.6. The van der Waals surface area contributed by atoms with E-state index in [2.05, 4.69) is 0 Å². The van der Waals surface area contributed by atoms with Gasteiger partial charge in [-0.3, -0.25) is 9.13 Å². The predicted octanol–water partition coefficient (Wildman–Crippen LogP) is 1.48. The Morgan fingerprint density at radius 2 is 1.85 bits per heavy atom. The van der Waals surface area contributed by atoms with Gasteiger partial charge in [-0.2, -0.15) is 4.86 Å². The summed E-state index contributed by atoms with van der Waals surface area (Å²) in [4.78, 5) is 19.8. The second-order valence-electron chi connectivity index (χ2n) is 3.33. The maximum atomic E-state index is 11.5. The van der Waals surface area contributed by atoms with Gasteiger partial charge in [-0.1, -0.05) is 19.3 Å². The lowest BCUT2D eigenvalue weighted by molar-refractivity contribution is 0.414. The highest BCUT2D eigenvalue weighted by Crippen LogP contribution is 2.51. The molecule has 0 bridgehead atoms. The maximum absolute atomic E-state index is 11.5. The molecule has 0 heterocycles. The minimum Gasteiger partial charge on any atom is -0.335 e. The predicted molar refractivity (Wildman–Crippen MR) is 51.1 cm³/mol. The molecule has 7 heteroatoms. The summed E-state index contributed by atoms with van der Waals surface area (Å²) >= 11 is 0. The van der Waals surface area contributed by atoms with E-state index in [0.717, 1.165) is 19.3 Å². The van der Waals surface area contributed by atoms with Crippen molar-refractivity contribution in [3.8, 4) is 0 Å². The molecule has 0 amide bonds. The molecular weight excluding hydrogens is 212 g/mol. The van der Waals surface area contributed by atoms with Gasteiger partial charge in [-0.15, -0.1) is 0 Å². The summed E-state index contributed by atoms with van der Waals surface area (Å²) in [5.41, 5.74) is -0.331. The SMILES string of the molecule is O=[PH](O)NP(=O)(O)C1CCCCC1. The Bertz CT molecular complexity index is 239.